The van der Waals surface area contributed by atoms with Crippen LogP contribution in [0.5, 0.6) is 0 Å². The Kier molecular flexibility index (Phi) is 8.56. The van der Waals surface area contributed by atoms with Crippen LogP contribution in [0.1, 0.15) is 105 Å². The number of ether oxygens (including phenoxy) is 1. The van der Waals surface area contributed by atoms with E-state index in [1.807, 2.05) is 0 Å². The number of rotatable bonds is 7. The van der Waals surface area contributed by atoms with Crippen LogP contribution in [0.25, 0.3) is 0 Å². The van der Waals surface area contributed by atoms with Crippen molar-refractivity contribution in [3.05, 3.63) is 11.6 Å². The predicted octanol–water partition coefficient (Wildman–Crippen LogP) is 9.14. The van der Waals surface area contributed by atoms with E-state index in [0.717, 1.165) is 48.3 Å². The number of allylic oxidation sites excluding steroid dienone is 1. The summed E-state index contributed by atoms with van der Waals surface area (Å²) < 4.78 is 5.77. The van der Waals surface area contributed by atoms with Crippen LogP contribution in [0.4, 0.5) is 0 Å². The maximum absolute atomic E-state index is 12.2. The molecule has 0 amide bonds. The minimum Gasteiger partial charge on any atom is -0.461 e. The summed E-state index contributed by atoms with van der Waals surface area (Å²) in [5.74, 6) is 5.22. The Labute approximate surface area is 230 Å². The monoisotopic (exact) mass is 680 g/mol. The maximum Gasteiger partial charge on any atom is 0.329 e. The molecule has 0 aliphatic heterocycles. The van der Waals surface area contributed by atoms with Gasteiger partial charge in [0.1, 0.15) is 6.10 Å². The molecule has 0 heterocycles. The third-order valence-electron chi connectivity index (χ3n) is 10.7. The second kappa shape index (κ2) is 10.6. The fraction of sp³-hybridized carbons (Fsp3) is 0.897. The van der Waals surface area contributed by atoms with Crippen LogP contribution in [0, 0.1) is 46.3 Å². The fourth-order valence-electron chi connectivity index (χ4n) is 8.97. The number of hydrogen-bond donors (Lipinski definition) is 0. The van der Waals surface area contributed by atoms with Crippen molar-refractivity contribution >= 4 is 51.2 Å². The molecule has 4 aliphatic rings. The van der Waals surface area contributed by atoms with Gasteiger partial charge in [0.15, 0.2) is 1.93 Å². The smallest absolute Gasteiger partial charge is 0.329 e. The second-order valence-electron chi connectivity index (χ2n) is 12.9. The maximum atomic E-state index is 12.2. The number of halogens is 2. The van der Waals surface area contributed by atoms with E-state index < -0.39 is 0 Å². The molecule has 33 heavy (non-hydrogen) atoms. The molecule has 4 aliphatic carbocycles. The van der Waals surface area contributed by atoms with Gasteiger partial charge in [0.2, 0.25) is 0 Å². The molecule has 4 heteroatoms. The zero-order valence-electron chi connectivity index (χ0n) is 21.5. The molecule has 0 saturated heterocycles. The topological polar surface area (TPSA) is 26.3 Å². The average Bonchev–Trinajstić information content (AvgIpc) is 3.11. The highest BCUT2D eigenvalue weighted by molar-refractivity contribution is 14.2. The number of carbonyl (C=O) groups excluding carboxylic acids is 1. The SMILES string of the molecule is CC(C)CCC[C@@H](C)[C@@H]1CC[C@@H]2[C@H]3CC=C4C[C@@H](OC(=O)C(I)I)CC[C@]4(C)[C@@H]3CC[C@@]21C. The molecular formula is C29H46I2O2. The summed E-state index contributed by atoms with van der Waals surface area (Å²) in [6, 6.07) is 0. The largest absolute Gasteiger partial charge is 0.461 e. The van der Waals surface area contributed by atoms with Crippen LogP contribution in [0.15, 0.2) is 11.6 Å². The summed E-state index contributed by atoms with van der Waals surface area (Å²) in [5, 5.41) is 0. The Morgan fingerprint density at radius 2 is 1.82 bits per heavy atom. The molecule has 0 radical (unpaired) electrons. The molecule has 0 unspecified atom stereocenters. The van der Waals surface area contributed by atoms with Gasteiger partial charge in [0, 0.05) is 6.42 Å². The van der Waals surface area contributed by atoms with Crippen molar-refractivity contribution in [1.29, 1.82) is 0 Å². The zero-order chi connectivity index (χ0) is 24.0. The fourth-order valence-corrected chi connectivity index (χ4v) is 9.26. The van der Waals surface area contributed by atoms with E-state index >= 15 is 0 Å². The van der Waals surface area contributed by atoms with Gasteiger partial charge < -0.3 is 4.74 Å². The molecule has 3 saturated carbocycles. The molecule has 8 atom stereocenters. The molecule has 0 aromatic rings. The van der Waals surface area contributed by atoms with Crippen molar-refractivity contribution in [3.63, 3.8) is 0 Å². The molecule has 0 N–H and O–H groups in total. The van der Waals surface area contributed by atoms with E-state index in [9.17, 15) is 4.79 Å². The van der Waals surface area contributed by atoms with E-state index in [4.69, 9.17) is 4.74 Å². The van der Waals surface area contributed by atoms with Gasteiger partial charge in [-0.2, -0.15) is 0 Å². The van der Waals surface area contributed by atoms with Gasteiger partial charge in [-0.25, -0.2) is 0 Å². The van der Waals surface area contributed by atoms with Gasteiger partial charge in [0.25, 0.3) is 0 Å². The Morgan fingerprint density at radius 3 is 2.52 bits per heavy atom. The lowest BCUT2D eigenvalue weighted by molar-refractivity contribution is -0.148. The Balaban J connectivity index is 1.45. The Bertz CT molecular complexity index is 746. The normalized spacial score (nSPS) is 41.2. The third kappa shape index (κ3) is 5.23. The van der Waals surface area contributed by atoms with Crippen molar-refractivity contribution in [2.24, 2.45) is 46.3 Å². The first-order chi connectivity index (χ1) is 15.6. The van der Waals surface area contributed by atoms with E-state index in [-0.39, 0.29) is 14.0 Å². The Hall–Kier alpha value is 0.670. The number of esters is 1. The first kappa shape index (κ1) is 26.7. The molecule has 2 nitrogen and oxygen atoms in total. The van der Waals surface area contributed by atoms with E-state index in [1.54, 1.807) is 5.57 Å². The summed E-state index contributed by atoms with van der Waals surface area (Å²) in [7, 11) is 0. The summed E-state index contributed by atoms with van der Waals surface area (Å²) in [6.07, 6.45) is 17.2. The lowest BCUT2D eigenvalue weighted by atomic mass is 9.47. The molecule has 4 rings (SSSR count). The van der Waals surface area contributed by atoms with E-state index in [2.05, 4.69) is 85.9 Å². The predicted molar refractivity (Wildman–Crippen MR) is 155 cm³/mol. The summed E-state index contributed by atoms with van der Waals surface area (Å²) in [5.41, 5.74) is 2.51. The number of fused-ring (bicyclic) bond motifs is 5. The van der Waals surface area contributed by atoms with Crippen LogP contribution in [-0.2, 0) is 9.53 Å². The van der Waals surface area contributed by atoms with Crippen LogP contribution in [0.3, 0.4) is 0 Å². The van der Waals surface area contributed by atoms with Gasteiger partial charge in [-0.05, 0) is 91.3 Å². The van der Waals surface area contributed by atoms with Crippen LogP contribution >= 0.6 is 45.2 Å². The van der Waals surface area contributed by atoms with Gasteiger partial charge in [-0.15, -0.1) is 0 Å². The first-order valence-corrected chi connectivity index (χ1v) is 16.2. The molecule has 3 fully saturated rings. The average molecular weight is 680 g/mol. The highest BCUT2D eigenvalue weighted by Crippen LogP contribution is 2.67. The third-order valence-corrected chi connectivity index (χ3v) is 11.7. The lowest BCUT2D eigenvalue weighted by Gasteiger charge is -2.58. The molecule has 0 aromatic heterocycles. The van der Waals surface area contributed by atoms with Crippen LogP contribution in [0.2, 0.25) is 0 Å². The van der Waals surface area contributed by atoms with Gasteiger partial charge >= 0.3 is 5.97 Å². The minimum atomic E-state index is -0.0858. The lowest BCUT2D eigenvalue weighted by Crippen LogP contribution is -2.51. The molecule has 0 aromatic carbocycles. The first-order valence-electron chi connectivity index (χ1n) is 13.7. The van der Waals surface area contributed by atoms with E-state index in [1.165, 1.54) is 57.8 Å². The van der Waals surface area contributed by atoms with Crippen molar-refractivity contribution in [2.45, 2.75) is 113 Å². The number of hydrogen-bond acceptors (Lipinski definition) is 2. The van der Waals surface area contributed by atoms with Crippen LogP contribution < -0.4 is 0 Å². The highest BCUT2D eigenvalue weighted by Gasteiger charge is 2.59. The molecule has 188 valence electrons. The van der Waals surface area contributed by atoms with Crippen molar-refractivity contribution in [2.75, 3.05) is 0 Å². The quantitative estimate of drug-likeness (QED) is 0.116. The summed E-state index contributed by atoms with van der Waals surface area (Å²) in [6.45, 7) is 12.6. The van der Waals surface area contributed by atoms with Crippen molar-refractivity contribution in [3.8, 4) is 0 Å². The van der Waals surface area contributed by atoms with Crippen molar-refractivity contribution < 1.29 is 9.53 Å². The highest BCUT2D eigenvalue weighted by atomic mass is 127. The standard InChI is InChI=1S/C29H46I2O2/c1-18(2)7-6-8-19(3)23-11-12-24-22-10-9-20-17-21(33-27(32)26(30)31)13-15-28(20,4)25(22)14-16-29(23,24)5/h9,18-19,21-26H,6-8,10-17H2,1-5H3/t19-,21+,22-,23+,24-,25-,28+,29-/m1/s1. The van der Waals surface area contributed by atoms with E-state index in [0.29, 0.717) is 10.8 Å². The van der Waals surface area contributed by atoms with Gasteiger partial charge in [0.05, 0.1) is 0 Å². The summed E-state index contributed by atoms with van der Waals surface area (Å²) >= 11 is 4.32. The Morgan fingerprint density at radius 1 is 1.06 bits per heavy atom. The number of alkyl halides is 2. The van der Waals surface area contributed by atoms with Crippen LogP contribution in [-0.4, -0.2) is 14.0 Å². The summed E-state index contributed by atoms with van der Waals surface area (Å²) in [4.78, 5) is 12.2. The molecule has 0 spiro atoms. The van der Waals surface area contributed by atoms with Crippen molar-refractivity contribution in [1.82, 2.24) is 0 Å². The molecular weight excluding hydrogens is 634 g/mol. The van der Waals surface area contributed by atoms with Gasteiger partial charge in [-0.3, -0.25) is 4.79 Å². The second-order valence-corrected chi connectivity index (χ2v) is 17.8. The minimum absolute atomic E-state index is 0.0490. The molecule has 0 bridgehead atoms. The van der Waals surface area contributed by atoms with Gasteiger partial charge in [-0.1, -0.05) is 111 Å². The number of carbonyl (C=O) groups is 1. The zero-order valence-corrected chi connectivity index (χ0v) is 25.9.